The minimum Gasteiger partial charge on any atom is -0.503 e. The lowest BCUT2D eigenvalue weighted by Crippen LogP contribution is -2.18. The van der Waals surface area contributed by atoms with Crippen molar-refractivity contribution >= 4 is 6.29 Å². The maximum absolute atomic E-state index is 11.9. The van der Waals surface area contributed by atoms with Gasteiger partial charge >= 0.3 is 6.36 Å². The molecule has 0 saturated carbocycles. The molecule has 8 heteroatoms. The number of halogens is 3. The Labute approximate surface area is 87.7 Å². The van der Waals surface area contributed by atoms with Crippen LogP contribution in [-0.4, -0.2) is 22.7 Å². The third-order valence-corrected chi connectivity index (χ3v) is 1.69. The van der Waals surface area contributed by atoms with Crippen LogP contribution in [0.1, 0.15) is 15.9 Å². The van der Waals surface area contributed by atoms with Gasteiger partial charge in [-0.25, -0.2) is 4.98 Å². The zero-order valence-corrected chi connectivity index (χ0v) is 7.78. The largest absolute Gasteiger partial charge is 0.574 e. The van der Waals surface area contributed by atoms with Crippen LogP contribution in [0.15, 0.2) is 6.20 Å². The molecule has 16 heavy (non-hydrogen) atoms. The fourth-order valence-electron chi connectivity index (χ4n) is 1.01. The van der Waals surface area contributed by atoms with E-state index in [0.717, 1.165) is 6.20 Å². The van der Waals surface area contributed by atoms with Crippen molar-refractivity contribution in [1.29, 1.82) is 0 Å². The van der Waals surface area contributed by atoms with Crippen molar-refractivity contribution in [2.24, 2.45) is 5.73 Å². The van der Waals surface area contributed by atoms with E-state index in [1.54, 1.807) is 0 Å². The van der Waals surface area contributed by atoms with Gasteiger partial charge in [-0.15, -0.1) is 13.2 Å². The van der Waals surface area contributed by atoms with Gasteiger partial charge in [0.15, 0.2) is 12.0 Å². The molecule has 1 aromatic rings. The number of hydrogen-bond donors (Lipinski definition) is 2. The van der Waals surface area contributed by atoms with Gasteiger partial charge in [-0.2, -0.15) is 0 Å². The Balaban J connectivity index is 3.19. The highest BCUT2D eigenvalue weighted by Gasteiger charge is 2.33. The van der Waals surface area contributed by atoms with Gasteiger partial charge in [0.2, 0.25) is 0 Å². The molecule has 0 saturated heterocycles. The van der Waals surface area contributed by atoms with E-state index >= 15 is 0 Å². The topological polar surface area (TPSA) is 85.4 Å². The van der Waals surface area contributed by atoms with E-state index in [4.69, 9.17) is 5.73 Å². The summed E-state index contributed by atoms with van der Waals surface area (Å²) in [5.74, 6) is -2.05. The Morgan fingerprint density at radius 1 is 1.56 bits per heavy atom. The molecular formula is C8H7F3N2O3. The molecule has 0 radical (unpaired) electrons. The lowest BCUT2D eigenvalue weighted by molar-refractivity contribution is -0.276. The molecule has 1 heterocycles. The molecule has 1 rings (SSSR count). The number of carbonyl (C=O) groups excluding carboxylic acids is 1. The van der Waals surface area contributed by atoms with E-state index < -0.39 is 18.0 Å². The molecule has 0 aliphatic rings. The first-order valence-electron chi connectivity index (χ1n) is 4.01. The Kier molecular flexibility index (Phi) is 3.33. The van der Waals surface area contributed by atoms with E-state index in [9.17, 15) is 23.1 Å². The normalized spacial score (nSPS) is 11.2. The van der Waals surface area contributed by atoms with Crippen LogP contribution in [0.3, 0.4) is 0 Å². The van der Waals surface area contributed by atoms with Crippen LogP contribution in [0.25, 0.3) is 0 Å². The van der Waals surface area contributed by atoms with Crippen molar-refractivity contribution in [3.8, 4) is 11.6 Å². The van der Waals surface area contributed by atoms with Crippen LogP contribution in [0.4, 0.5) is 13.2 Å². The summed E-state index contributed by atoms with van der Waals surface area (Å²) in [4.78, 5) is 13.8. The lowest BCUT2D eigenvalue weighted by Gasteiger charge is -2.11. The molecule has 5 nitrogen and oxygen atoms in total. The van der Waals surface area contributed by atoms with E-state index in [1.807, 2.05) is 0 Å². The van der Waals surface area contributed by atoms with Gasteiger partial charge in [-0.05, 0) is 5.56 Å². The molecular weight excluding hydrogens is 229 g/mol. The summed E-state index contributed by atoms with van der Waals surface area (Å²) in [6.45, 7) is -0.138. The number of rotatable bonds is 3. The average Bonchev–Trinajstić information content (AvgIpc) is 2.19. The maximum Gasteiger partial charge on any atom is 0.574 e. The summed E-state index contributed by atoms with van der Waals surface area (Å²) in [5.41, 5.74) is 4.96. The number of pyridine rings is 1. The maximum atomic E-state index is 11.9. The Bertz CT molecular complexity index is 406. The number of alkyl halides is 3. The first kappa shape index (κ1) is 12.2. The predicted molar refractivity (Wildman–Crippen MR) is 45.9 cm³/mol. The lowest BCUT2D eigenvalue weighted by atomic mass is 10.1. The van der Waals surface area contributed by atoms with Gasteiger partial charge in [0.05, 0.1) is 5.56 Å². The smallest absolute Gasteiger partial charge is 0.503 e. The van der Waals surface area contributed by atoms with Gasteiger partial charge in [0.1, 0.15) is 0 Å². The summed E-state index contributed by atoms with van der Waals surface area (Å²) in [6.07, 6.45) is -3.87. The first-order chi connectivity index (χ1) is 7.39. The Morgan fingerprint density at radius 3 is 2.62 bits per heavy atom. The second-order valence-corrected chi connectivity index (χ2v) is 2.72. The van der Waals surface area contributed by atoms with Crippen molar-refractivity contribution in [1.82, 2.24) is 4.98 Å². The van der Waals surface area contributed by atoms with E-state index in [-0.39, 0.29) is 24.0 Å². The monoisotopic (exact) mass is 236 g/mol. The highest BCUT2D eigenvalue weighted by molar-refractivity contribution is 5.82. The van der Waals surface area contributed by atoms with Gasteiger partial charge in [0.25, 0.3) is 5.88 Å². The summed E-state index contributed by atoms with van der Waals surface area (Å²) in [6, 6.07) is 0. The quantitative estimate of drug-likeness (QED) is 0.763. The number of nitrogens with two attached hydrogens (primary N) is 1. The van der Waals surface area contributed by atoms with Gasteiger partial charge in [0, 0.05) is 12.7 Å². The zero-order valence-electron chi connectivity index (χ0n) is 7.78. The summed E-state index contributed by atoms with van der Waals surface area (Å²) >= 11 is 0. The van der Waals surface area contributed by atoms with Gasteiger partial charge < -0.3 is 15.6 Å². The van der Waals surface area contributed by atoms with Crippen molar-refractivity contribution in [2.45, 2.75) is 12.9 Å². The van der Waals surface area contributed by atoms with Crippen LogP contribution in [0.5, 0.6) is 11.6 Å². The van der Waals surface area contributed by atoms with Crippen molar-refractivity contribution in [3.05, 3.63) is 17.3 Å². The molecule has 88 valence electrons. The number of hydrogen-bond acceptors (Lipinski definition) is 5. The van der Waals surface area contributed by atoms with Crippen LogP contribution in [0.2, 0.25) is 0 Å². The SMILES string of the molecule is NCc1cnc(OC(F)(F)F)c(O)c1C=O. The summed E-state index contributed by atoms with van der Waals surface area (Å²) < 4.78 is 39.0. The molecule has 0 bridgehead atoms. The Hall–Kier alpha value is -1.83. The fourth-order valence-corrected chi connectivity index (χ4v) is 1.01. The number of aromatic nitrogens is 1. The van der Waals surface area contributed by atoms with Gasteiger partial charge in [-0.3, -0.25) is 4.79 Å². The van der Waals surface area contributed by atoms with Crippen molar-refractivity contribution in [2.75, 3.05) is 0 Å². The molecule has 1 aromatic heterocycles. The molecule has 0 spiro atoms. The standard InChI is InChI=1S/C8H7F3N2O3/c9-8(10,11)16-7-6(15)5(3-14)4(1-12)2-13-7/h2-3,15H,1,12H2. The third-order valence-electron chi connectivity index (χ3n) is 1.69. The zero-order chi connectivity index (χ0) is 12.3. The van der Waals surface area contributed by atoms with E-state index in [2.05, 4.69) is 9.72 Å². The molecule has 0 aliphatic carbocycles. The van der Waals surface area contributed by atoms with Gasteiger partial charge in [-0.1, -0.05) is 0 Å². The van der Waals surface area contributed by atoms with E-state index in [1.165, 1.54) is 0 Å². The summed E-state index contributed by atoms with van der Waals surface area (Å²) in [5, 5.41) is 9.29. The summed E-state index contributed by atoms with van der Waals surface area (Å²) in [7, 11) is 0. The fraction of sp³-hybridized carbons (Fsp3) is 0.250. The molecule has 0 aromatic carbocycles. The van der Waals surface area contributed by atoms with Crippen LogP contribution in [-0.2, 0) is 6.54 Å². The predicted octanol–water partition coefficient (Wildman–Crippen LogP) is 0.957. The molecule has 0 atom stereocenters. The number of aldehydes is 1. The van der Waals surface area contributed by atoms with E-state index in [0.29, 0.717) is 0 Å². The number of aromatic hydroxyl groups is 1. The van der Waals surface area contributed by atoms with Crippen LogP contribution >= 0.6 is 0 Å². The van der Waals surface area contributed by atoms with Crippen molar-refractivity contribution < 1.29 is 27.8 Å². The molecule has 0 aliphatic heterocycles. The highest BCUT2D eigenvalue weighted by atomic mass is 19.4. The highest BCUT2D eigenvalue weighted by Crippen LogP contribution is 2.32. The minimum atomic E-state index is -4.99. The molecule has 0 fully saturated rings. The van der Waals surface area contributed by atoms with Crippen LogP contribution in [0, 0.1) is 0 Å². The molecule has 0 amide bonds. The number of nitrogens with zero attached hydrogens (tertiary/aromatic N) is 1. The second-order valence-electron chi connectivity index (χ2n) is 2.72. The second kappa shape index (κ2) is 4.35. The third kappa shape index (κ3) is 2.60. The minimum absolute atomic E-state index is 0.127. The first-order valence-corrected chi connectivity index (χ1v) is 4.01. The Morgan fingerprint density at radius 2 is 2.19 bits per heavy atom. The average molecular weight is 236 g/mol. The number of ether oxygens (including phenoxy) is 1. The van der Waals surface area contributed by atoms with Crippen LogP contribution < -0.4 is 10.5 Å². The molecule has 0 unspecified atom stereocenters. The number of carbonyl (C=O) groups is 1. The van der Waals surface area contributed by atoms with Crippen molar-refractivity contribution in [3.63, 3.8) is 0 Å². The molecule has 3 N–H and O–H groups in total.